The molecule has 1 fully saturated rings. The fourth-order valence-corrected chi connectivity index (χ4v) is 5.28. The molecule has 0 bridgehead atoms. The van der Waals surface area contributed by atoms with E-state index < -0.39 is 10.0 Å². The van der Waals surface area contributed by atoms with Crippen LogP contribution in [0.15, 0.2) is 16.3 Å². The third kappa shape index (κ3) is 3.33. The maximum Gasteiger partial charge on any atom is 0.252 e. The SMILES string of the molecule is CCC(=O)N1CCCN(S(=O)(=O)c2ccc(Cl)s2)CC1. The summed E-state index contributed by atoms with van der Waals surface area (Å²) >= 11 is 6.87. The Hall–Kier alpha value is -0.630. The number of halogens is 1. The van der Waals surface area contributed by atoms with Crippen LogP contribution in [0.25, 0.3) is 0 Å². The number of thiophene rings is 1. The van der Waals surface area contributed by atoms with Crippen molar-refractivity contribution < 1.29 is 13.2 Å². The lowest BCUT2D eigenvalue weighted by atomic mass is 10.3. The maximum atomic E-state index is 12.5. The van der Waals surface area contributed by atoms with Crippen molar-refractivity contribution in [1.29, 1.82) is 0 Å². The zero-order valence-electron chi connectivity index (χ0n) is 11.2. The zero-order chi connectivity index (χ0) is 14.8. The fraction of sp³-hybridized carbons (Fsp3) is 0.583. The lowest BCUT2D eigenvalue weighted by molar-refractivity contribution is -0.130. The lowest BCUT2D eigenvalue weighted by Crippen LogP contribution is -2.36. The van der Waals surface area contributed by atoms with Gasteiger partial charge in [0.05, 0.1) is 4.34 Å². The quantitative estimate of drug-likeness (QED) is 0.848. The van der Waals surface area contributed by atoms with E-state index in [4.69, 9.17) is 11.6 Å². The molecule has 0 unspecified atom stereocenters. The lowest BCUT2D eigenvalue weighted by Gasteiger charge is -2.21. The van der Waals surface area contributed by atoms with Gasteiger partial charge in [-0.1, -0.05) is 18.5 Å². The molecule has 0 aromatic carbocycles. The van der Waals surface area contributed by atoms with E-state index in [0.717, 1.165) is 11.3 Å². The van der Waals surface area contributed by atoms with Crippen LogP contribution < -0.4 is 0 Å². The molecule has 0 aliphatic carbocycles. The molecule has 0 spiro atoms. The van der Waals surface area contributed by atoms with Gasteiger partial charge in [-0.25, -0.2) is 8.42 Å². The summed E-state index contributed by atoms with van der Waals surface area (Å²) in [5.74, 6) is 0.0726. The minimum absolute atomic E-state index is 0.0726. The van der Waals surface area contributed by atoms with Gasteiger partial charge in [0.1, 0.15) is 4.21 Å². The van der Waals surface area contributed by atoms with Crippen LogP contribution in [0.4, 0.5) is 0 Å². The third-order valence-electron chi connectivity index (χ3n) is 3.25. The van der Waals surface area contributed by atoms with Crippen molar-refractivity contribution in [3.05, 3.63) is 16.5 Å². The summed E-state index contributed by atoms with van der Waals surface area (Å²) in [5.41, 5.74) is 0. The van der Waals surface area contributed by atoms with E-state index in [0.29, 0.717) is 43.4 Å². The Balaban J connectivity index is 2.12. The van der Waals surface area contributed by atoms with Crippen molar-refractivity contribution in [2.45, 2.75) is 24.0 Å². The molecule has 0 atom stereocenters. The van der Waals surface area contributed by atoms with Crippen molar-refractivity contribution in [3.8, 4) is 0 Å². The Kier molecular flexibility index (Phi) is 5.06. The summed E-state index contributed by atoms with van der Waals surface area (Å²) in [6.07, 6.45) is 1.11. The molecule has 2 rings (SSSR count). The molecule has 20 heavy (non-hydrogen) atoms. The number of nitrogens with zero attached hydrogens (tertiary/aromatic N) is 2. The average Bonchev–Trinajstić information content (AvgIpc) is 2.72. The van der Waals surface area contributed by atoms with Crippen molar-refractivity contribution in [2.75, 3.05) is 26.2 Å². The highest BCUT2D eigenvalue weighted by Gasteiger charge is 2.28. The smallest absolute Gasteiger partial charge is 0.252 e. The minimum Gasteiger partial charge on any atom is -0.341 e. The molecule has 1 aliphatic rings. The van der Waals surface area contributed by atoms with Gasteiger partial charge in [-0.15, -0.1) is 11.3 Å². The Morgan fingerprint density at radius 1 is 1.30 bits per heavy atom. The van der Waals surface area contributed by atoms with Crippen molar-refractivity contribution in [2.24, 2.45) is 0 Å². The molecule has 0 N–H and O–H groups in total. The molecule has 1 aliphatic heterocycles. The van der Waals surface area contributed by atoms with Crippen molar-refractivity contribution in [1.82, 2.24) is 9.21 Å². The first-order valence-corrected chi connectivity index (χ1v) is 9.12. The van der Waals surface area contributed by atoms with Gasteiger partial charge in [0.2, 0.25) is 5.91 Å². The van der Waals surface area contributed by atoms with E-state index in [1.165, 1.54) is 10.4 Å². The van der Waals surface area contributed by atoms with Gasteiger partial charge in [-0.3, -0.25) is 4.79 Å². The van der Waals surface area contributed by atoms with E-state index in [9.17, 15) is 13.2 Å². The van der Waals surface area contributed by atoms with Gasteiger partial charge in [0.15, 0.2) is 0 Å². The van der Waals surface area contributed by atoms with Crippen LogP contribution in [0, 0.1) is 0 Å². The molecular formula is C12H17ClN2O3S2. The van der Waals surface area contributed by atoms with Crippen LogP contribution in [0.5, 0.6) is 0 Å². The number of hydrogen-bond donors (Lipinski definition) is 0. The molecule has 5 nitrogen and oxygen atoms in total. The van der Waals surface area contributed by atoms with Crippen LogP contribution >= 0.6 is 22.9 Å². The highest BCUT2D eigenvalue weighted by molar-refractivity contribution is 7.91. The summed E-state index contributed by atoms with van der Waals surface area (Å²) in [6, 6.07) is 3.12. The number of carbonyl (C=O) groups excluding carboxylic acids is 1. The van der Waals surface area contributed by atoms with Crippen LogP contribution in [-0.2, 0) is 14.8 Å². The summed E-state index contributed by atoms with van der Waals surface area (Å²) < 4.78 is 27.1. The van der Waals surface area contributed by atoms with Crippen LogP contribution in [0.2, 0.25) is 4.34 Å². The summed E-state index contributed by atoms with van der Waals surface area (Å²) in [5, 5.41) is 0. The van der Waals surface area contributed by atoms with Crippen LogP contribution in [0.1, 0.15) is 19.8 Å². The van der Waals surface area contributed by atoms with Crippen LogP contribution in [-0.4, -0.2) is 49.7 Å². The Labute approximate surface area is 128 Å². The van der Waals surface area contributed by atoms with Crippen molar-refractivity contribution >= 4 is 38.9 Å². The molecule has 1 aromatic rings. The highest BCUT2D eigenvalue weighted by Crippen LogP contribution is 2.28. The Bertz CT molecular complexity index is 585. The summed E-state index contributed by atoms with van der Waals surface area (Å²) in [6.45, 7) is 3.65. The number of rotatable bonds is 3. The number of hydrogen-bond acceptors (Lipinski definition) is 4. The van der Waals surface area contributed by atoms with E-state index in [-0.39, 0.29) is 10.1 Å². The molecule has 2 heterocycles. The Morgan fingerprint density at radius 2 is 2.05 bits per heavy atom. The highest BCUT2D eigenvalue weighted by atomic mass is 35.5. The van der Waals surface area contributed by atoms with Gasteiger partial charge in [-0.2, -0.15) is 4.31 Å². The second-order valence-electron chi connectivity index (χ2n) is 4.55. The predicted octanol–water partition coefficient (Wildman–Crippen LogP) is 2.03. The van der Waals surface area contributed by atoms with Crippen molar-refractivity contribution in [3.63, 3.8) is 0 Å². The molecule has 1 aromatic heterocycles. The van der Waals surface area contributed by atoms with Crippen LogP contribution in [0.3, 0.4) is 0 Å². The fourth-order valence-electron chi connectivity index (χ4n) is 2.17. The number of carbonyl (C=O) groups is 1. The van der Waals surface area contributed by atoms with Gasteiger partial charge < -0.3 is 4.90 Å². The zero-order valence-corrected chi connectivity index (χ0v) is 13.6. The predicted molar refractivity (Wildman–Crippen MR) is 79.6 cm³/mol. The normalized spacial score (nSPS) is 18.0. The second-order valence-corrected chi connectivity index (χ2v) is 8.43. The first kappa shape index (κ1) is 15.8. The summed E-state index contributed by atoms with van der Waals surface area (Å²) in [7, 11) is -3.49. The molecule has 112 valence electrons. The monoisotopic (exact) mass is 336 g/mol. The van der Waals surface area contributed by atoms with Gasteiger partial charge in [-0.05, 0) is 18.6 Å². The first-order chi connectivity index (χ1) is 9.45. The molecule has 1 saturated heterocycles. The first-order valence-electron chi connectivity index (χ1n) is 6.48. The minimum atomic E-state index is -3.49. The van der Waals surface area contributed by atoms with Gasteiger partial charge in [0, 0.05) is 32.6 Å². The average molecular weight is 337 g/mol. The standard InChI is InChI=1S/C12H17ClN2O3S2/c1-2-11(16)14-6-3-7-15(9-8-14)20(17,18)12-5-4-10(13)19-12/h4-5H,2-3,6-9H2,1H3. The molecule has 0 radical (unpaired) electrons. The summed E-state index contributed by atoms with van der Waals surface area (Å²) in [4.78, 5) is 13.4. The third-order valence-corrected chi connectivity index (χ3v) is 6.85. The van der Waals surface area contributed by atoms with E-state index >= 15 is 0 Å². The van der Waals surface area contributed by atoms with E-state index in [2.05, 4.69) is 0 Å². The van der Waals surface area contributed by atoms with E-state index in [1.54, 1.807) is 11.0 Å². The largest absolute Gasteiger partial charge is 0.341 e. The Morgan fingerprint density at radius 3 is 2.65 bits per heavy atom. The number of sulfonamides is 1. The number of amides is 1. The molecular weight excluding hydrogens is 320 g/mol. The maximum absolute atomic E-state index is 12.5. The van der Waals surface area contributed by atoms with Gasteiger partial charge in [0.25, 0.3) is 10.0 Å². The van der Waals surface area contributed by atoms with E-state index in [1.807, 2.05) is 6.92 Å². The molecule has 0 saturated carbocycles. The molecule has 8 heteroatoms. The molecule has 1 amide bonds. The van der Waals surface area contributed by atoms with Gasteiger partial charge >= 0.3 is 0 Å². The topological polar surface area (TPSA) is 57.7 Å². The second kappa shape index (κ2) is 6.43.